The van der Waals surface area contributed by atoms with Crippen molar-refractivity contribution in [2.75, 3.05) is 26.2 Å². The highest BCUT2D eigenvalue weighted by Gasteiger charge is 2.18. The van der Waals surface area contributed by atoms with Gasteiger partial charge < -0.3 is 9.64 Å². The van der Waals surface area contributed by atoms with Crippen molar-refractivity contribution in [3.63, 3.8) is 0 Å². The normalized spacial score (nSPS) is 23.3. The molecule has 1 aromatic rings. The van der Waals surface area contributed by atoms with Gasteiger partial charge in [-0.1, -0.05) is 18.5 Å². The first-order valence-corrected chi connectivity index (χ1v) is 8.23. The van der Waals surface area contributed by atoms with E-state index in [2.05, 4.69) is 22.9 Å². The Hall–Kier alpha value is -0.250. The Morgan fingerprint density at radius 3 is 3.05 bits per heavy atom. The van der Waals surface area contributed by atoms with Gasteiger partial charge >= 0.3 is 0 Å². The number of likely N-dealkylation sites (tertiary alicyclic amines) is 1. The van der Waals surface area contributed by atoms with Crippen LogP contribution in [0, 0.1) is 5.92 Å². The van der Waals surface area contributed by atoms with Crippen LogP contribution < -0.4 is 9.64 Å². The van der Waals surface area contributed by atoms with Gasteiger partial charge in [-0.05, 0) is 47.0 Å². The molecule has 1 aliphatic rings. The number of benzene rings is 1. The molecule has 1 heterocycles. The van der Waals surface area contributed by atoms with Crippen molar-refractivity contribution >= 4 is 27.5 Å². The van der Waals surface area contributed by atoms with E-state index in [-0.39, 0.29) is 0 Å². The maximum absolute atomic E-state index is 5.90. The van der Waals surface area contributed by atoms with Crippen LogP contribution in [0.15, 0.2) is 22.7 Å². The molecule has 1 aliphatic heterocycles. The molecule has 0 aromatic heterocycles. The van der Waals surface area contributed by atoms with Crippen molar-refractivity contribution in [1.82, 2.24) is 0 Å². The van der Waals surface area contributed by atoms with Crippen LogP contribution in [0.3, 0.4) is 0 Å². The Bertz CT molecular complexity index is 413. The summed E-state index contributed by atoms with van der Waals surface area (Å²) in [5.74, 6) is 1.77. The zero-order valence-electron chi connectivity index (χ0n) is 11.4. The zero-order chi connectivity index (χ0) is 13.7. The molecule has 1 N–H and O–H groups in total. The number of hydrogen-bond acceptors (Lipinski definition) is 1. The van der Waals surface area contributed by atoms with Crippen molar-refractivity contribution in [2.45, 2.75) is 26.2 Å². The Morgan fingerprint density at radius 1 is 1.47 bits per heavy atom. The van der Waals surface area contributed by atoms with Crippen LogP contribution in [0.5, 0.6) is 5.75 Å². The maximum Gasteiger partial charge on any atom is 0.133 e. The van der Waals surface area contributed by atoms with E-state index >= 15 is 0 Å². The number of ether oxygens (including phenoxy) is 1. The Balaban J connectivity index is 1.69. The van der Waals surface area contributed by atoms with Gasteiger partial charge in [0, 0.05) is 17.4 Å². The van der Waals surface area contributed by atoms with Crippen molar-refractivity contribution in [3.8, 4) is 5.75 Å². The van der Waals surface area contributed by atoms with E-state index in [4.69, 9.17) is 16.3 Å². The first-order chi connectivity index (χ1) is 9.15. The van der Waals surface area contributed by atoms with Gasteiger partial charge in [-0.25, -0.2) is 0 Å². The minimum atomic E-state index is 0.728. The molecular weight excluding hydrogens is 326 g/mol. The van der Waals surface area contributed by atoms with E-state index < -0.39 is 0 Å². The average Bonchev–Trinajstić information content (AvgIpc) is 2.37. The van der Waals surface area contributed by atoms with Crippen LogP contribution in [0.1, 0.15) is 26.2 Å². The molecule has 0 radical (unpaired) electrons. The number of halogens is 2. The Morgan fingerprint density at radius 2 is 2.32 bits per heavy atom. The summed E-state index contributed by atoms with van der Waals surface area (Å²) >= 11 is 9.37. The number of nitrogens with one attached hydrogen (secondary N) is 1. The second kappa shape index (κ2) is 7.51. The van der Waals surface area contributed by atoms with Crippen LogP contribution >= 0.6 is 27.5 Å². The second-order valence-corrected chi connectivity index (χ2v) is 6.77. The van der Waals surface area contributed by atoms with Gasteiger partial charge in [-0.15, -0.1) is 0 Å². The number of piperidine rings is 1. The van der Waals surface area contributed by atoms with Crippen molar-refractivity contribution < 1.29 is 9.64 Å². The summed E-state index contributed by atoms with van der Waals surface area (Å²) in [5, 5.41) is 0.728. The lowest BCUT2D eigenvalue weighted by molar-refractivity contribution is -0.908. The third kappa shape index (κ3) is 4.97. The van der Waals surface area contributed by atoms with Crippen molar-refractivity contribution in [1.29, 1.82) is 0 Å². The van der Waals surface area contributed by atoms with E-state index in [1.165, 1.54) is 32.5 Å². The van der Waals surface area contributed by atoms with E-state index in [0.29, 0.717) is 0 Å². The molecule has 1 aromatic carbocycles. The van der Waals surface area contributed by atoms with Crippen molar-refractivity contribution in [3.05, 3.63) is 27.7 Å². The average molecular weight is 348 g/mol. The molecule has 2 atom stereocenters. The van der Waals surface area contributed by atoms with Gasteiger partial charge in [-0.3, -0.25) is 0 Å². The Labute approximate surface area is 129 Å². The molecule has 19 heavy (non-hydrogen) atoms. The van der Waals surface area contributed by atoms with Crippen LogP contribution in [-0.4, -0.2) is 26.2 Å². The molecule has 4 heteroatoms. The zero-order valence-corrected chi connectivity index (χ0v) is 13.8. The van der Waals surface area contributed by atoms with Crippen LogP contribution in [0.4, 0.5) is 0 Å². The molecule has 1 saturated heterocycles. The van der Waals surface area contributed by atoms with E-state index in [9.17, 15) is 0 Å². The van der Waals surface area contributed by atoms with Crippen LogP contribution in [0.2, 0.25) is 5.02 Å². The minimum absolute atomic E-state index is 0.728. The number of quaternary nitrogens is 1. The quantitative estimate of drug-likeness (QED) is 0.808. The molecule has 0 spiro atoms. The van der Waals surface area contributed by atoms with Gasteiger partial charge in [0.25, 0.3) is 0 Å². The summed E-state index contributed by atoms with van der Waals surface area (Å²) in [5.41, 5.74) is 0. The molecule has 1 fully saturated rings. The summed E-state index contributed by atoms with van der Waals surface area (Å²) < 4.78 is 6.72. The highest BCUT2D eigenvalue weighted by molar-refractivity contribution is 9.10. The summed E-state index contributed by atoms with van der Waals surface area (Å²) in [4.78, 5) is 1.73. The summed E-state index contributed by atoms with van der Waals surface area (Å²) in [7, 11) is 0. The standard InChI is InChI=1S/C15H21BrClNO/c1-12-4-2-7-18(11-12)8-3-9-19-15-6-5-13(17)10-14(15)16/h5-6,10,12H,2-4,7-9,11H2,1H3/p+1/t12-/m0/s1. The molecule has 1 unspecified atom stereocenters. The van der Waals surface area contributed by atoms with Gasteiger partial charge in [0.05, 0.1) is 30.7 Å². The lowest BCUT2D eigenvalue weighted by Crippen LogP contribution is -3.13. The fourth-order valence-electron chi connectivity index (χ4n) is 2.72. The predicted octanol–water partition coefficient (Wildman–Crippen LogP) is 3.19. The Kier molecular flexibility index (Phi) is 5.99. The first kappa shape index (κ1) is 15.1. The first-order valence-electron chi connectivity index (χ1n) is 7.06. The molecule has 2 rings (SSSR count). The van der Waals surface area contributed by atoms with E-state index in [1.807, 2.05) is 18.2 Å². The minimum Gasteiger partial charge on any atom is -0.492 e. The molecule has 0 saturated carbocycles. The highest BCUT2D eigenvalue weighted by Crippen LogP contribution is 2.27. The van der Waals surface area contributed by atoms with Crippen LogP contribution in [-0.2, 0) is 0 Å². The monoisotopic (exact) mass is 346 g/mol. The topological polar surface area (TPSA) is 13.7 Å². The number of hydrogen-bond donors (Lipinski definition) is 1. The summed E-state index contributed by atoms with van der Waals surface area (Å²) in [6, 6.07) is 5.65. The van der Waals surface area contributed by atoms with Gasteiger partial charge in [-0.2, -0.15) is 0 Å². The van der Waals surface area contributed by atoms with E-state index in [1.54, 1.807) is 4.90 Å². The number of rotatable bonds is 5. The third-order valence-corrected chi connectivity index (χ3v) is 4.55. The largest absolute Gasteiger partial charge is 0.492 e. The van der Waals surface area contributed by atoms with Gasteiger partial charge in [0.1, 0.15) is 5.75 Å². The fraction of sp³-hybridized carbons (Fsp3) is 0.600. The highest BCUT2D eigenvalue weighted by atomic mass is 79.9. The van der Waals surface area contributed by atoms with Crippen molar-refractivity contribution in [2.24, 2.45) is 5.92 Å². The molecule has 2 nitrogen and oxygen atoms in total. The third-order valence-electron chi connectivity index (χ3n) is 3.69. The fourth-order valence-corrected chi connectivity index (χ4v) is 3.52. The second-order valence-electron chi connectivity index (χ2n) is 5.48. The molecule has 0 bridgehead atoms. The smallest absolute Gasteiger partial charge is 0.133 e. The summed E-state index contributed by atoms with van der Waals surface area (Å²) in [6.07, 6.45) is 3.88. The SMILES string of the molecule is C[C@H]1CCC[NH+](CCCOc2ccc(Cl)cc2Br)C1. The lowest BCUT2D eigenvalue weighted by atomic mass is 10.0. The van der Waals surface area contributed by atoms with E-state index in [0.717, 1.165) is 34.2 Å². The molecule has 0 amide bonds. The van der Waals surface area contributed by atoms with Crippen LogP contribution in [0.25, 0.3) is 0 Å². The van der Waals surface area contributed by atoms with Gasteiger partial charge in [0.15, 0.2) is 0 Å². The van der Waals surface area contributed by atoms with Gasteiger partial charge in [0.2, 0.25) is 0 Å². The molecule has 0 aliphatic carbocycles. The predicted molar refractivity (Wildman–Crippen MR) is 83.2 cm³/mol. The molecular formula is C15H22BrClNO+. The molecule has 106 valence electrons. The maximum atomic E-state index is 5.90. The summed E-state index contributed by atoms with van der Waals surface area (Å²) in [6.45, 7) is 7.01. The lowest BCUT2D eigenvalue weighted by Gasteiger charge is -2.27.